The van der Waals surface area contributed by atoms with Gasteiger partial charge in [0.15, 0.2) is 0 Å². The fraction of sp³-hybridized carbons (Fsp3) is 0.412. The standard InChI is InChI=1S/C34H42ClN3O5S/c1-5-31(34(40)36-27-13-7-6-8-14-27)37(22-26-12-10-9-11-25(26)3)33(39)23-38(28-17-20-32(43-4)30(35)21-28)44(41,42)29-18-15-24(2)16-19-29/h9-12,15-21,27,31H,5-8,13-14,22-23H2,1-4H3,(H,36,40). The second-order valence-electron chi connectivity index (χ2n) is 11.4. The SMILES string of the molecule is CCC(C(=O)NC1CCCCC1)N(Cc1ccccc1C)C(=O)CN(c1ccc(OC)c(Cl)c1)S(=O)(=O)c1ccc(C)cc1. The van der Waals surface area contributed by atoms with Crippen LogP contribution in [0.1, 0.15) is 62.1 Å². The Kier molecular flexibility index (Phi) is 11.3. The van der Waals surface area contributed by atoms with Crippen molar-refractivity contribution in [2.24, 2.45) is 0 Å². The van der Waals surface area contributed by atoms with E-state index in [1.165, 1.54) is 30.2 Å². The second kappa shape index (κ2) is 14.9. The molecule has 1 N–H and O–H groups in total. The molecule has 2 amide bonds. The molecule has 0 spiro atoms. The molecule has 1 unspecified atom stereocenters. The third-order valence-corrected chi connectivity index (χ3v) is 10.3. The normalized spacial score (nSPS) is 14.5. The molecule has 3 aromatic rings. The van der Waals surface area contributed by atoms with E-state index in [2.05, 4.69) is 5.32 Å². The zero-order valence-corrected chi connectivity index (χ0v) is 27.5. The van der Waals surface area contributed by atoms with Gasteiger partial charge < -0.3 is 15.0 Å². The molecule has 44 heavy (non-hydrogen) atoms. The molecule has 1 saturated carbocycles. The highest BCUT2D eigenvalue weighted by atomic mass is 35.5. The van der Waals surface area contributed by atoms with Gasteiger partial charge in [-0.1, -0.05) is 79.7 Å². The van der Waals surface area contributed by atoms with Gasteiger partial charge >= 0.3 is 0 Å². The highest BCUT2D eigenvalue weighted by Crippen LogP contribution is 2.32. The largest absolute Gasteiger partial charge is 0.495 e. The van der Waals surface area contributed by atoms with Gasteiger partial charge in [0.1, 0.15) is 18.3 Å². The van der Waals surface area contributed by atoms with Crippen molar-refractivity contribution >= 4 is 39.1 Å². The molecule has 0 saturated heterocycles. The number of hydrogen-bond donors (Lipinski definition) is 1. The molecule has 10 heteroatoms. The summed E-state index contributed by atoms with van der Waals surface area (Å²) in [6.45, 7) is 5.32. The summed E-state index contributed by atoms with van der Waals surface area (Å²) in [7, 11) is -2.74. The van der Waals surface area contributed by atoms with Crippen molar-refractivity contribution in [2.75, 3.05) is 18.0 Å². The van der Waals surface area contributed by atoms with Crippen LogP contribution in [0.5, 0.6) is 5.75 Å². The van der Waals surface area contributed by atoms with Crippen LogP contribution in [0.3, 0.4) is 0 Å². The number of nitrogens with one attached hydrogen (secondary N) is 1. The van der Waals surface area contributed by atoms with E-state index in [1.807, 2.05) is 45.0 Å². The lowest BCUT2D eigenvalue weighted by Crippen LogP contribution is -2.54. The number of halogens is 1. The number of benzene rings is 3. The van der Waals surface area contributed by atoms with Gasteiger partial charge in [-0.05, 0) is 74.6 Å². The molecule has 1 atom stereocenters. The number of hydrogen-bond acceptors (Lipinski definition) is 5. The number of methoxy groups -OCH3 is 1. The maximum atomic E-state index is 14.4. The van der Waals surface area contributed by atoms with Gasteiger partial charge in [0.2, 0.25) is 11.8 Å². The average molecular weight is 640 g/mol. The third kappa shape index (κ3) is 7.93. The summed E-state index contributed by atoms with van der Waals surface area (Å²) in [6, 6.07) is 18.0. The van der Waals surface area contributed by atoms with Crippen LogP contribution in [0.4, 0.5) is 5.69 Å². The van der Waals surface area contributed by atoms with Crippen LogP contribution in [0.15, 0.2) is 71.6 Å². The molecule has 0 aliphatic heterocycles. The highest BCUT2D eigenvalue weighted by Gasteiger charge is 2.35. The molecule has 1 aliphatic rings. The molecule has 1 fully saturated rings. The maximum absolute atomic E-state index is 14.4. The fourth-order valence-corrected chi connectivity index (χ4v) is 7.27. The highest BCUT2D eigenvalue weighted by molar-refractivity contribution is 7.92. The number of aryl methyl sites for hydroxylation is 2. The lowest BCUT2D eigenvalue weighted by atomic mass is 9.95. The molecule has 236 valence electrons. The summed E-state index contributed by atoms with van der Waals surface area (Å²) in [4.78, 5) is 29.6. The third-order valence-electron chi connectivity index (χ3n) is 8.25. The quantitative estimate of drug-likeness (QED) is 0.247. The average Bonchev–Trinajstić information content (AvgIpc) is 3.01. The van der Waals surface area contributed by atoms with Crippen molar-refractivity contribution in [3.8, 4) is 5.75 Å². The van der Waals surface area contributed by atoms with Crippen LogP contribution in [-0.4, -0.2) is 50.9 Å². The molecule has 4 rings (SSSR count). The minimum Gasteiger partial charge on any atom is -0.495 e. The van der Waals surface area contributed by atoms with Crippen molar-refractivity contribution in [2.45, 2.75) is 82.8 Å². The summed E-state index contributed by atoms with van der Waals surface area (Å²) < 4.78 is 34.6. The van der Waals surface area contributed by atoms with Gasteiger partial charge in [-0.2, -0.15) is 0 Å². The predicted molar refractivity (Wildman–Crippen MR) is 175 cm³/mol. The smallest absolute Gasteiger partial charge is 0.264 e. The lowest BCUT2D eigenvalue weighted by Gasteiger charge is -2.34. The minimum absolute atomic E-state index is 0.0374. The molecule has 0 aromatic heterocycles. The second-order valence-corrected chi connectivity index (χ2v) is 13.6. The number of carbonyl (C=O) groups is 2. The van der Waals surface area contributed by atoms with Gasteiger partial charge in [-0.15, -0.1) is 0 Å². The Morgan fingerprint density at radius 2 is 1.68 bits per heavy atom. The van der Waals surface area contributed by atoms with E-state index in [1.54, 1.807) is 24.3 Å². The van der Waals surface area contributed by atoms with E-state index >= 15 is 0 Å². The first-order valence-corrected chi connectivity index (χ1v) is 16.9. The van der Waals surface area contributed by atoms with Crippen LogP contribution >= 0.6 is 11.6 Å². The molecule has 3 aromatic carbocycles. The number of rotatable bonds is 12. The van der Waals surface area contributed by atoms with E-state index in [0.717, 1.165) is 53.1 Å². The van der Waals surface area contributed by atoms with Crippen molar-refractivity contribution in [3.63, 3.8) is 0 Å². The van der Waals surface area contributed by atoms with Crippen LogP contribution < -0.4 is 14.4 Å². The van der Waals surface area contributed by atoms with Crippen molar-refractivity contribution < 1.29 is 22.7 Å². The van der Waals surface area contributed by atoms with Gasteiger partial charge in [0.25, 0.3) is 10.0 Å². The number of anilines is 1. The van der Waals surface area contributed by atoms with Crippen LogP contribution in [0.25, 0.3) is 0 Å². The lowest BCUT2D eigenvalue weighted by molar-refractivity contribution is -0.140. The molecule has 0 radical (unpaired) electrons. The zero-order valence-electron chi connectivity index (χ0n) is 25.9. The van der Waals surface area contributed by atoms with Crippen LogP contribution in [0, 0.1) is 13.8 Å². The van der Waals surface area contributed by atoms with Crippen molar-refractivity contribution in [1.29, 1.82) is 0 Å². The van der Waals surface area contributed by atoms with Crippen LogP contribution in [0.2, 0.25) is 5.02 Å². The molecule has 0 bridgehead atoms. The monoisotopic (exact) mass is 639 g/mol. The van der Waals surface area contributed by atoms with Gasteiger partial charge in [0.05, 0.1) is 22.7 Å². The number of nitrogens with zero attached hydrogens (tertiary/aromatic N) is 2. The van der Waals surface area contributed by atoms with E-state index in [0.29, 0.717) is 12.2 Å². The zero-order chi connectivity index (χ0) is 31.9. The Balaban J connectivity index is 1.74. The molecular weight excluding hydrogens is 598 g/mol. The minimum atomic E-state index is -4.21. The molecule has 8 nitrogen and oxygen atoms in total. The molecule has 0 heterocycles. The Bertz CT molecular complexity index is 1560. The van der Waals surface area contributed by atoms with E-state index in [-0.39, 0.29) is 34.1 Å². The van der Waals surface area contributed by atoms with Gasteiger partial charge in [0, 0.05) is 12.6 Å². The topological polar surface area (TPSA) is 96.0 Å². The van der Waals surface area contributed by atoms with Gasteiger partial charge in [-0.3, -0.25) is 13.9 Å². The Morgan fingerprint density at radius 1 is 1.00 bits per heavy atom. The Hall–Kier alpha value is -3.56. The van der Waals surface area contributed by atoms with Crippen molar-refractivity contribution in [1.82, 2.24) is 10.2 Å². The first-order valence-electron chi connectivity index (χ1n) is 15.1. The maximum Gasteiger partial charge on any atom is 0.264 e. The predicted octanol–water partition coefficient (Wildman–Crippen LogP) is 6.42. The van der Waals surface area contributed by atoms with Gasteiger partial charge in [-0.25, -0.2) is 8.42 Å². The first-order chi connectivity index (χ1) is 21.0. The summed E-state index contributed by atoms with van der Waals surface area (Å²) in [5, 5.41) is 3.38. The van der Waals surface area contributed by atoms with Crippen molar-refractivity contribution in [3.05, 3.63) is 88.4 Å². The van der Waals surface area contributed by atoms with E-state index in [4.69, 9.17) is 16.3 Å². The summed E-state index contributed by atoms with van der Waals surface area (Å²) >= 11 is 6.43. The number of ether oxygens (including phenoxy) is 1. The summed E-state index contributed by atoms with van der Waals surface area (Å²) in [5.74, 6) is -0.343. The summed E-state index contributed by atoms with van der Waals surface area (Å²) in [5.41, 5.74) is 2.96. The first kappa shape index (κ1) is 33.3. The van der Waals surface area contributed by atoms with E-state index in [9.17, 15) is 18.0 Å². The Labute approximate surface area is 266 Å². The number of carbonyl (C=O) groups excluding carboxylic acids is 2. The van der Waals surface area contributed by atoms with E-state index < -0.39 is 28.5 Å². The number of sulfonamides is 1. The Morgan fingerprint density at radius 3 is 2.30 bits per heavy atom. The van der Waals surface area contributed by atoms with Crippen LogP contribution in [-0.2, 0) is 26.2 Å². The number of amides is 2. The summed E-state index contributed by atoms with van der Waals surface area (Å²) in [6.07, 6.45) is 5.47. The molecule has 1 aliphatic carbocycles. The fourth-order valence-electron chi connectivity index (χ4n) is 5.61. The molecular formula is C34H42ClN3O5S.